The number of hydrogen-bond acceptors (Lipinski definition) is 19. The molecule has 0 bridgehead atoms. The number of nitrogens with one attached hydrogen (secondary N) is 4. The number of amides is 9. The number of hydrogen-bond donors (Lipinski definition) is 7. The first-order chi connectivity index (χ1) is 32.1. The van der Waals surface area contributed by atoms with Crippen molar-refractivity contribution in [2.24, 2.45) is 17.2 Å². The normalized spacial score (nSPS) is 13.4. The Morgan fingerprint density at radius 1 is 0.522 bits per heavy atom. The maximum atomic E-state index is 11.7. The fourth-order valence-corrected chi connectivity index (χ4v) is 5.74. The van der Waals surface area contributed by atoms with E-state index in [1.54, 1.807) is 0 Å². The smallest absolute Gasteiger partial charge is 0.253 e. The van der Waals surface area contributed by atoms with Crippen molar-refractivity contribution in [3.05, 3.63) is 24.3 Å². The number of nitrogens with zero attached hydrogens (tertiary/aromatic N) is 2. The van der Waals surface area contributed by atoms with Crippen LogP contribution in [0.1, 0.15) is 66.2 Å². The highest BCUT2D eigenvalue weighted by atomic mass is 32.7. The Kier molecular flexibility index (Phi) is 45.5. The van der Waals surface area contributed by atoms with E-state index in [4.69, 9.17) is 36.1 Å². The van der Waals surface area contributed by atoms with Crippen LogP contribution in [0.2, 0.25) is 0 Å². The molecule has 390 valence electrons. The van der Waals surface area contributed by atoms with Crippen LogP contribution in [-0.4, -0.2) is 173 Å². The average molecular weight is 1090 g/mol. The van der Waals surface area contributed by atoms with Crippen LogP contribution < -0.4 is 38.5 Å². The monoisotopic (exact) mass is 1090 g/mol. The van der Waals surface area contributed by atoms with Gasteiger partial charge in [-0.05, 0) is 73.9 Å². The minimum atomic E-state index is -0.656. The number of carbonyl (C=O) groups excluding carboxylic acids is 10. The highest BCUT2D eigenvalue weighted by Gasteiger charge is 2.24. The Hall–Kier alpha value is -3.90. The number of rotatable bonds is 36. The summed E-state index contributed by atoms with van der Waals surface area (Å²) in [4.78, 5) is 116. The maximum Gasteiger partial charge on any atom is 0.253 e. The summed E-state index contributed by atoms with van der Waals surface area (Å²) in [6.07, 6.45) is 8.55. The fourth-order valence-electron chi connectivity index (χ4n) is 5.07. The van der Waals surface area contributed by atoms with Gasteiger partial charge < -0.3 is 57.4 Å². The van der Waals surface area contributed by atoms with E-state index in [-0.39, 0.29) is 143 Å². The van der Waals surface area contributed by atoms with Gasteiger partial charge in [0.25, 0.3) is 23.6 Å². The molecule has 69 heavy (non-hydrogen) atoms. The van der Waals surface area contributed by atoms with Crippen molar-refractivity contribution in [2.45, 2.75) is 78.3 Å². The molecule has 2 atom stereocenters. The molecule has 0 spiro atoms. The molecule has 2 aliphatic rings. The van der Waals surface area contributed by atoms with Gasteiger partial charge >= 0.3 is 0 Å². The van der Waals surface area contributed by atoms with Gasteiger partial charge in [0.15, 0.2) is 0 Å². The van der Waals surface area contributed by atoms with Gasteiger partial charge in [-0.2, -0.15) is 0 Å². The lowest BCUT2D eigenvalue weighted by atomic mass is 10.1. The second-order valence-corrected chi connectivity index (χ2v) is 19.2. The number of unbranched alkanes of at least 4 members (excludes halogenated alkanes) is 2. The van der Waals surface area contributed by atoms with Crippen LogP contribution in [-0.2, 0) is 102 Å². The molecule has 0 saturated carbocycles. The van der Waals surface area contributed by atoms with Crippen LogP contribution in [0.15, 0.2) is 24.3 Å². The van der Waals surface area contributed by atoms with Gasteiger partial charge in [-0.25, -0.2) is 0 Å². The van der Waals surface area contributed by atoms with Gasteiger partial charge in [0.2, 0.25) is 35.1 Å². The van der Waals surface area contributed by atoms with Gasteiger partial charge in [-0.3, -0.25) is 57.7 Å². The third-order valence-corrected chi connectivity index (χ3v) is 12.3. The van der Waals surface area contributed by atoms with Crippen LogP contribution in [0.5, 0.6) is 0 Å². The van der Waals surface area contributed by atoms with Crippen molar-refractivity contribution in [1.82, 2.24) is 31.1 Å². The molecule has 10 N–H and O–H groups in total. The van der Waals surface area contributed by atoms with Gasteiger partial charge in [0.1, 0.15) is 13.2 Å². The molecule has 0 saturated heterocycles. The number of carbonyl (C=O) groups is 10. The SMILES string of the molecule is C.C.NC(=O)C(N)CCCCNC(=O)COCCOCCNC(=O)CCN1C(=O)C=CC1=O.NC(CCCCNC(=O)COCCOCCNC(=O)CCN1C(=O)C=CC1=O)C(=O)P=S.S=PP=S. The minimum absolute atomic E-state index is 0. The third kappa shape index (κ3) is 37.6. The first kappa shape index (κ1) is 69.4. The van der Waals surface area contributed by atoms with Crippen molar-refractivity contribution >= 4 is 116 Å². The Labute approximate surface area is 423 Å². The first-order valence-electron chi connectivity index (χ1n) is 20.8. The average Bonchev–Trinajstić information content (AvgIpc) is 3.81. The van der Waals surface area contributed by atoms with Gasteiger partial charge in [0, 0.05) is 90.5 Å². The van der Waals surface area contributed by atoms with E-state index in [1.165, 1.54) is 24.3 Å². The first-order valence-corrected chi connectivity index (χ1v) is 27.3. The molecule has 0 radical (unpaired) electrons. The predicted molar refractivity (Wildman–Crippen MR) is 270 cm³/mol. The van der Waals surface area contributed by atoms with E-state index in [2.05, 4.69) is 56.7 Å². The molecule has 2 aliphatic heterocycles. The summed E-state index contributed by atoms with van der Waals surface area (Å²) in [5.41, 5.74) is 16.1. The summed E-state index contributed by atoms with van der Waals surface area (Å²) in [6, 6.07) is -1.19. The molecule has 29 heteroatoms. The van der Waals surface area contributed by atoms with Crippen molar-refractivity contribution in [2.75, 3.05) is 92.1 Å². The zero-order chi connectivity index (χ0) is 50.2. The van der Waals surface area contributed by atoms with E-state index in [0.29, 0.717) is 45.2 Å². The maximum absolute atomic E-state index is 11.7. The van der Waals surface area contributed by atoms with Crippen LogP contribution in [0.4, 0.5) is 0 Å². The van der Waals surface area contributed by atoms with Crippen molar-refractivity contribution in [3.63, 3.8) is 0 Å². The van der Waals surface area contributed by atoms with E-state index in [1.807, 2.05) is 0 Å². The molecule has 0 aromatic rings. The molecule has 23 nitrogen and oxygen atoms in total. The number of nitrogens with two attached hydrogens (primary N) is 3. The quantitative estimate of drug-likeness (QED) is 0.0237. The molecule has 9 amide bonds. The van der Waals surface area contributed by atoms with Crippen molar-refractivity contribution in [3.8, 4) is 0 Å². The number of primary amides is 1. The van der Waals surface area contributed by atoms with Crippen LogP contribution >= 0.6 is 21.4 Å². The van der Waals surface area contributed by atoms with E-state index in [0.717, 1.165) is 30.3 Å². The molecular formula is C40H68N9O14P3S3. The lowest BCUT2D eigenvalue weighted by Crippen LogP contribution is -2.36. The van der Waals surface area contributed by atoms with E-state index in [9.17, 15) is 47.9 Å². The number of ether oxygens (including phenoxy) is 4. The molecule has 2 rings (SSSR count). The molecule has 2 heterocycles. The summed E-state index contributed by atoms with van der Waals surface area (Å²) >= 11 is 13.5. The fraction of sp³-hybridized carbons (Fsp3) is 0.650. The Balaban J connectivity index is -0.00000114. The summed E-state index contributed by atoms with van der Waals surface area (Å²) in [7, 11) is 1.99. The molecule has 0 fully saturated rings. The Bertz CT molecular complexity index is 1700. The lowest BCUT2D eigenvalue weighted by Gasteiger charge is -2.13. The summed E-state index contributed by atoms with van der Waals surface area (Å²) < 4.78 is 21.0. The highest BCUT2D eigenvalue weighted by molar-refractivity contribution is 8.40. The second kappa shape index (κ2) is 45.3. The molecule has 0 aromatic carbocycles. The van der Waals surface area contributed by atoms with E-state index >= 15 is 0 Å². The van der Waals surface area contributed by atoms with Crippen LogP contribution in [0.25, 0.3) is 0 Å². The Morgan fingerprint density at radius 3 is 1.22 bits per heavy atom. The summed E-state index contributed by atoms with van der Waals surface area (Å²) in [5, 5.41) is 10.6. The number of imide groups is 2. The van der Waals surface area contributed by atoms with E-state index < -0.39 is 41.6 Å². The molecule has 0 aromatic heterocycles. The van der Waals surface area contributed by atoms with Crippen molar-refractivity contribution in [1.29, 1.82) is 0 Å². The topological polar surface area (TPSA) is 340 Å². The van der Waals surface area contributed by atoms with Crippen molar-refractivity contribution < 1.29 is 66.9 Å². The predicted octanol–water partition coefficient (Wildman–Crippen LogP) is -0.461. The molecule has 0 aliphatic carbocycles. The molecular weight excluding hydrogens is 1020 g/mol. The third-order valence-electron chi connectivity index (χ3n) is 8.61. The standard InChI is InChI=1S/C19H31N5O7.C19H29N4O7PS.2CH4.P2S2/c20-14(19(21)29)3-1-2-7-22-16(26)13-31-12-11-30-10-8-23-15(25)6-9-24-17(27)4-5-18(24)28;20-14(19(28)31-32)3-1-2-7-21-16(25)13-30-12-11-29-10-8-22-15(24)6-9-23-17(26)4-5-18(23)27;;;3-1-2-4/h4-5,14H,1-3,6-13,20H2,(H2,21,29)(H,22,26)(H,23,25);4-5,14H,1-3,6-13,20H2,(H,21,25)(H,22,24);2*1H4;. The van der Waals surface area contributed by atoms with Crippen LogP contribution in [0.3, 0.4) is 0 Å². The van der Waals surface area contributed by atoms with Gasteiger partial charge in [-0.15, -0.1) is 0 Å². The second-order valence-electron chi connectivity index (χ2n) is 13.8. The van der Waals surface area contributed by atoms with Crippen LogP contribution in [0, 0.1) is 0 Å². The summed E-state index contributed by atoms with van der Waals surface area (Å²) in [6.45, 7) is 2.88. The minimum Gasteiger partial charge on any atom is -0.377 e. The largest absolute Gasteiger partial charge is 0.377 e. The van der Waals surface area contributed by atoms with Gasteiger partial charge in [-0.1, -0.05) is 14.9 Å². The summed E-state index contributed by atoms with van der Waals surface area (Å²) in [5.74, 6) is -3.28. The molecule has 2 unspecified atom stereocenters. The highest BCUT2D eigenvalue weighted by Crippen LogP contribution is 2.10. The van der Waals surface area contributed by atoms with Gasteiger partial charge in [0.05, 0.1) is 59.1 Å². The Morgan fingerprint density at radius 2 is 0.870 bits per heavy atom. The zero-order valence-corrected chi connectivity index (χ0v) is 42.1. The lowest BCUT2D eigenvalue weighted by molar-refractivity contribution is -0.139. The zero-order valence-electron chi connectivity index (χ0n) is 36.9.